The van der Waals surface area contributed by atoms with Crippen LogP contribution in [0.5, 0.6) is 0 Å². The summed E-state index contributed by atoms with van der Waals surface area (Å²) in [7, 11) is -9.72. The zero-order chi connectivity index (χ0) is 15.3. The summed E-state index contributed by atoms with van der Waals surface area (Å²) in [5.41, 5.74) is 0. The molecular formula is C12H26O6P2. The van der Waals surface area contributed by atoms with Gasteiger partial charge in [-0.25, -0.2) is 0 Å². The highest BCUT2D eigenvalue weighted by Gasteiger charge is 2.58. The summed E-state index contributed by atoms with van der Waals surface area (Å²) in [6.07, 6.45) is 7.50. The van der Waals surface area contributed by atoms with E-state index in [1.807, 2.05) is 0 Å². The molecule has 0 unspecified atom stereocenters. The lowest BCUT2D eigenvalue weighted by atomic mass is 10.0. The number of rotatable bonds is 2. The molecule has 1 aliphatic rings. The molecule has 0 heterocycles. The van der Waals surface area contributed by atoms with Crippen molar-refractivity contribution in [3.63, 3.8) is 0 Å². The van der Waals surface area contributed by atoms with E-state index in [0.717, 1.165) is 38.5 Å². The van der Waals surface area contributed by atoms with Crippen LogP contribution in [0.25, 0.3) is 0 Å². The summed E-state index contributed by atoms with van der Waals surface area (Å²) in [6, 6.07) is 0. The predicted molar refractivity (Wildman–Crippen MR) is 77.6 cm³/mol. The third kappa shape index (κ3) is 4.66. The fraction of sp³-hybridized carbons (Fsp3) is 1.00. The largest absolute Gasteiger partial charge is 0.343 e. The van der Waals surface area contributed by atoms with E-state index in [4.69, 9.17) is 0 Å². The third-order valence-electron chi connectivity index (χ3n) is 4.24. The fourth-order valence-corrected chi connectivity index (χ4v) is 6.09. The van der Waals surface area contributed by atoms with Gasteiger partial charge in [-0.1, -0.05) is 57.8 Å². The lowest BCUT2D eigenvalue weighted by Crippen LogP contribution is -2.29. The Balaban J connectivity index is 2.96. The summed E-state index contributed by atoms with van der Waals surface area (Å²) in [4.78, 5) is 36.0. The van der Waals surface area contributed by atoms with Gasteiger partial charge in [0.2, 0.25) is 0 Å². The third-order valence-corrected chi connectivity index (χ3v) is 8.87. The highest BCUT2D eigenvalue weighted by molar-refractivity contribution is 7.72. The highest BCUT2D eigenvalue weighted by atomic mass is 31.2. The minimum Gasteiger partial charge on any atom is -0.324 e. The molecule has 6 nitrogen and oxygen atoms in total. The molecule has 1 rings (SSSR count). The van der Waals surface area contributed by atoms with Crippen LogP contribution in [-0.4, -0.2) is 24.5 Å². The number of hydrogen-bond acceptors (Lipinski definition) is 2. The van der Waals surface area contributed by atoms with E-state index >= 15 is 0 Å². The van der Waals surface area contributed by atoms with Crippen molar-refractivity contribution in [2.45, 2.75) is 75.5 Å². The van der Waals surface area contributed by atoms with Crippen LogP contribution in [0.2, 0.25) is 0 Å². The molecule has 0 spiro atoms. The minimum absolute atomic E-state index is 0.0957. The second-order valence-electron chi connectivity index (χ2n) is 5.75. The van der Waals surface area contributed by atoms with E-state index < -0.39 is 20.1 Å². The summed E-state index contributed by atoms with van der Waals surface area (Å²) >= 11 is 0. The van der Waals surface area contributed by atoms with Crippen LogP contribution in [0, 0.1) is 0 Å². The lowest BCUT2D eigenvalue weighted by molar-refractivity contribution is 0.287. The van der Waals surface area contributed by atoms with Gasteiger partial charge in [0.25, 0.3) is 0 Å². The molecule has 0 radical (unpaired) electrons. The second kappa shape index (κ2) is 7.53. The summed E-state index contributed by atoms with van der Waals surface area (Å²) in [5, 5.41) is 0. The monoisotopic (exact) mass is 328 g/mol. The molecule has 4 N–H and O–H groups in total. The van der Waals surface area contributed by atoms with Gasteiger partial charge >= 0.3 is 15.2 Å². The van der Waals surface area contributed by atoms with Crippen molar-refractivity contribution in [1.29, 1.82) is 0 Å². The zero-order valence-corrected chi connectivity index (χ0v) is 13.6. The van der Waals surface area contributed by atoms with Crippen LogP contribution in [0.3, 0.4) is 0 Å². The first kappa shape index (κ1) is 18.3. The summed E-state index contributed by atoms with van der Waals surface area (Å²) in [5.74, 6) is 0. The molecule has 1 fully saturated rings. The molecule has 0 aromatic rings. The van der Waals surface area contributed by atoms with Crippen LogP contribution in [0.1, 0.15) is 70.6 Å². The van der Waals surface area contributed by atoms with E-state index in [9.17, 15) is 28.7 Å². The van der Waals surface area contributed by atoms with Crippen molar-refractivity contribution in [3.8, 4) is 0 Å². The van der Waals surface area contributed by atoms with Crippen LogP contribution in [0.15, 0.2) is 0 Å². The van der Waals surface area contributed by atoms with Gasteiger partial charge in [-0.15, -0.1) is 0 Å². The maximum absolute atomic E-state index is 11.8. The van der Waals surface area contributed by atoms with Gasteiger partial charge < -0.3 is 19.6 Å². The van der Waals surface area contributed by atoms with Crippen molar-refractivity contribution < 1.29 is 28.7 Å². The first-order valence-corrected chi connectivity index (χ1v) is 10.5. The smallest absolute Gasteiger partial charge is 0.324 e. The van der Waals surface area contributed by atoms with E-state index in [1.54, 1.807) is 0 Å². The molecule has 8 heteroatoms. The molecule has 0 aromatic carbocycles. The van der Waals surface area contributed by atoms with Crippen molar-refractivity contribution in [1.82, 2.24) is 0 Å². The second-order valence-corrected chi connectivity index (χ2v) is 9.99. The zero-order valence-electron chi connectivity index (χ0n) is 11.8. The first-order chi connectivity index (χ1) is 9.21. The average Bonchev–Trinajstić information content (AvgIpc) is 2.26. The SMILES string of the molecule is O=P(O)(O)C1(P(=O)(O)O)CCCCCCCCCCC1. The van der Waals surface area contributed by atoms with Gasteiger partial charge in [-0.05, 0) is 12.8 Å². The summed E-state index contributed by atoms with van der Waals surface area (Å²) < 4.78 is 23.5. The Labute approximate surface area is 120 Å². The van der Waals surface area contributed by atoms with Gasteiger partial charge in [-0.2, -0.15) is 0 Å². The maximum Gasteiger partial charge on any atom is 0.343 e. The van der Waals surface area contributed by atoms with E-state index in [1.165, 1.54) is 6.42 Å². The molecule has 0 saturated heterocycles. The van der Waals surface area contributed by atoms with Crippen LogP contribution in [-0.2, 0) is 9.13 Å². The molecule has 20 heavy (non-hydrogen) atoms. The Morgan fingerprint density at radius 2 is 0.800 bits per heavy atom. The molecule has 0 aromatic heterocycles. The standard InChI is InChI=1S/C12H26O6P2/c13-19(14,15)12(20(16,17)18)10-8-6-4-2-1-3-5-7-9-11-12/h1-11H2,(H2,13,14,15)(H2,16,17,18). The first-order valence-electron chi connectivity index (χ1n) is 7.32. The number of hydrogen-bond donors (Lipinski definition) is 4. The van der Waals surface area contributed by atoms with Gasteiger partial charge in [0, 0.05) is 0 Å². The predicted octanol–water partition coefficient (Wildman–Crippen LogP) is 3.34. The van der Waals surface area contributed by atoms with Crippen LogP contribution < -0.4 is 0 Å². The molecule has 0 bridgehead atoms. The maximum atomic E-state index is 11.8. The van der Waals surface area contributed by atoms with Gasteiger partial charge in [0.05, 0.1) is 0 Å². The van der Waals surface area contributed by atoms with Crippen molar-refractivity contribution >= 4 is 15.2 Å². The van der Waals surface area contributed by atoms with Crippen molar-refractivity contribution in [3.05, 3.63) is 0 Å². The Morgan fingerprint density at radius 3 is 1.05 bits per heavy atom. The van der Waals surface area contributed by atoms with Gasteiger partial charge in [0.15, 0.2) is 4.90 Å². The van der Waals surface area contributed by atoms with Gasteiger partial charge in [0.1, 0.15) is 0 Å². The average molecular weight is 328 g/mol. The fourth-order valence-electron chi connectivity index (χ4n) is 2.93. The molecule has 120 valence electrons. The lowest BCUT2D eigenvalue weighted by Gasteiger charge is -2.35. The molecule has 0 aliphatic heterocycles. The minimum atomic E-state index is -4.86. The Bertz CT molecular complexity index is 349. The van der Waals surface area contributed by atoms with E-state index in [2.05, 4.69) is 0 Å². The Hall–Kier alpha value is 0.300. The molecule has 1 aliphatic carbocycles. The molecule has 1 saturated carbocycles. The molecule has 0 amide bonds. The highest BCUT2D eigenvalue weighted by Crippen LogP contribution is 2.73. The van der Waals surface area contributed by atoms with Crippen LogP contribution >= 0.6 is 15.2 Å². The normalized spacial score (nSPS) is 23.6. The topological polar surface area (TPSA) is 115 Å². The van der Waals surface area contributed by atoms with Crippen molar-refractivity contribution in [2.24, 2.45) is 0 Å². The Kier molecular flexibility index (Phi) is 6.91. The van der Waals surface area contributed by atoms with Gasteiger partial charge in [-0.3, -0.25) is 9.13 Å². The van der Waals surface area contributed by atoms with E-state index in [0.29, 0.717) is 12.8 Å². The Morgan fingerprint density at radius 1 is 0.550 bits per heavy atom. The molecular weight excluding hydrogens is 302 g/mol. The quantitative estimate of drug-likeness (QED) is 0.578. The van der Waals surface area contributed by atoms with Crippen molar-refractivity contribution in [2.75, 3.05) is 0 Å². The van der Waals surface area contributed by atoms with Crippen LogP contribution in [0.4, 0.5) is 0 Å². The summed E-state index contributed by atoms with van der Waals surface area (Å²) in [6.45, 7) is 0. The van der Waals surface area contributed by atoms with E-state index in [-0.39, 0.29) is 12.8 Å². The molecule has 0 atom stereocenters.